The molecule has 0 spiro atoms. The first kappa shape index (κ1) is 19.8. The fourth-order valence-corrected chi connectivity index (χ4v) is 4.70. The number of hydrogen-bond donors (Lipinski definition) is 0. The highest BCUT2D eigenvalue weighted by Crippen LogP contribution is 2.39. The predicted molar refractivity (Wildman–Crippen MR) is 113 cm³/mol. The maximum absolute atomic E-state index is 13.5. The molecule has 0 N–H and O–H groups in total. The number of amides is 1. The number of fused-ring (bicyclic) bond motifs is 1. The van der Waals surface area contributed by atoms with Crippen molar-refractivity contribution in [1.82, 2.24) is 9.80 Å². The van der Waals surface area contributed by atoms with Crippen LogP contribution in [0.1, 0.15) is 42.5 Å². The summed E-state index contributed by atoms with van der Waals surface area (Å²) in [6.45, 7) is 4.60. The van der Waals surface area contributed by atoms with E-state index in [9.17, 15) is 4.79 Å². The summed E-state index contributed by atoms with van der Waals surface area (Å²) in [6, 6.07) is 14.3. The molecule has 2 unspecified atom stereocenters. The zero-order valence-electron chi connectivity index (χ0n) is 17.6. The molecular formula is C24H30N2O3. The van der Waals surface area contributed by atoms with Crippen molar-refractivity contribution in [2.45, 2.75) is 44.8 Å². The Labute approximate surface area is 173 Å². The molecule has 1 amide bonds. The lowest BCUT2D eigenvalue weighted by atomic mass is 9.98. The van der Waals surface area contributed by atoms with Crippen LogP contribution in [0.15, 0.2) is 42.5 Å². The Hall–Kier alpha value is -2.53. The van der Waals surface area contributed by atoms with E-state index in [0.717, 1.165) is 56.0 Å². The molecule has 0 bridgehead atoms. The highest BCUT2D eigenvalue weighted by Gasteiger charge is 2.36. The first-order valence-electron chi connectivity index (χ1n) is 10.5. The number of ether oxygens (including phenoxy) is 2. The molecule has 2 aromatic rings. The van der Waals surface area contributed by atoms with Gasteiger partial charge in [-0.3, -0.25) is 9.69 Å². The van der Waals surface area contributed by atoms with Gasteiger partial charge in [-0.1, -0.05) is 24.3 Å². The third-order valence-corrected chi connectivity index (χ3v) is 6.40. The van der Waals surface area contributed by atoms with Crippen LogP contribution < -0.4 is 9.47 Å². The van der Waals surface area contributed by atoms with Crippen molar-refractivity contribution >= 4 is 5.91 Å². The Bertz CT molecular complexity index is 882. The van der Waals surface area contributed by atoms with Crippen LogP contribution in [0, 0.1) is 0 Å². The number of carbonyl (C=O) groups is 1. The molecule has 0 saturated carbocycles. The number of carbonyl (C=O) groups excluding carboxylic acids is 1. The Morgan fingerprint density at radius 2 is 1.86 bits per heavy atom. The topological polar surface area (TPSA) is 42.0 Å². The van der Waals surface area contributed by atoms with E-state index in [1.165, 1.54) is 11.1 Å². The third kappa shape index (κ3) is 3.84. The van der Waals surface area contributed by atoms with Gasteiger partial charge in [0.15, 0.2) is 0 Å². The summed E-state index contributed by atoms with van der Waals surface area (Å²) in [5.41, 5.74) is 3.78. The van der Waals surface area contributed by atoms with Crippen molar-refractivity contribution in [2.75, 3.05) is 27.3 Å². The highest BCUT2D eigenvalue weighted by molar-refractivity contribution is 5.82. The SMILES string of the molecule is COc1ccc(OC)c(C2CCCN2C(=O)C(C)N2CCc3ccccc3C2)c1. The van der Waals surface area contributed by atoms with Gasteiger partial charge in [0.2, 0.25) is 5.91 Å². The Morgan fingerprint density at radius 1 is 1.07 bits per heavy atom. The van der Waals surface area contributed by atoms with Gasteiger partial charge in [0.25, 0.3) is 0 Å². The molecule has 4 rings (SSSR count). The van der Waals surface area contributed by atoms with Crippen LogP contribution in [0.5, 0.6) is 11.5 Å². The van der Waals surface area contributed by atoms with E-state index in [1.807, 2.05) is 23.1 Å². The summed E-state index contributed by atoms with van der Waals surface area (Å²) >= 11 is 0. The van der Waals surface area contributed by atoms with Crippen LogP contribution in [0.4, 0.5) is 0 Å². The van der Waals surface area contributed by atoms with Crippen LogP contribution in [0.3, 0.4) is 0 Å². The molecule has 0 aromatic heterocycles. The standard InChI is InChI=1S/C24H30N2O3/c1-17(25-14-12-18-7-4-5-8-19(18)16-25)24(27)26-13-6-9-22(26)21-15-20(28-2)10-11-23(21)29-3/h4-5,7-8,10-11,15,17,22H,6,9,12-14,16H2,1-3H3. The number of methoxy groups -OCH3 is 2. The van der Waals surface area contributed by atoms with Crippen molar-refractivity contribution in [3.8, 4) is 11.5 Å². The van der Waals surface area contributed by atoms with E-state index in [4.69, 9.17) is 9.47 Å². The molecule has 29 heavy (non-hydrogen) atoms. The van der Waals surface area contributed by atoms with E-state index in [-0.39, 0.29) is 18.0 Å². The van der Waals surface area contributed by atoms with Gasteiger partial charge >= 0.3 is 0 Å². The Kier molecular flexibility index (Phi) is 5.76. The first-order chi connectivity index (χ1) is 14.1. The van der Waals surface area contributed by atoms with Gasteiger partial charge in [-0.25, -0.2) is 0 Å². The lowest BCUT2D eigenvalue weighted by Gasteiger charge is -2.36. The minimum atomic E-state index is -0.138. The normalized spacial score (nSPS) is 20.2. The third-order valence-electron chi connectivity index (χ3n) is 6.40. The van der Waals surface area contributed by atoms with Crippen LogP contribution >= 0.6 is 0 Å². The zero-order chi connectivity index (χ0) is 20.4. The van der Waals surface area contributed by atoms with Crippen LogP contribution in [0.25, 0.3) is 0 Å². The second-order valence-corrected chi connectivity index (χ2v) is 7.96. The van der Waals surface area contributed by atoms with Gasteiger partial charge in [-0.2, -0.15) is 0 Å². The molecule has 2 aromatic carbocycles. The lowest BCUT2D eigenvalue weighted by molar-refractivity contribution is -0.137. The van der Waals surface area contributed by atoms with Gasteiger partial charge in [-0.15, -0.1) is 0 Å². The van der Waals surface area contributed by atoms with Gasteiger partial charge in [-0.05, 0) is 55.5 Å². The van der Waals surface area contributed by atoms with Gasteiger partial charge in [0.1, 0.15) is 11.5 Å². The van der Waals surface area contributed by atoms with Crippen molar-refractivity contribution < 1.29 is 14.3 Å². The largest absolute Gasteiger partial charge is 0.497 e. The van der Waals surface area contributed by atoms with E-state index < -0.39 is 0 Å². The Morgan fingerprint density at radius 3 is 2.62 bits per heavy atom. The number of benzene rings is 2. The molecule has 2 heterocycles. The van der Waals surface area contributed by atoms with E-state index in [2.05, 4.69) is 36.1 Å². The molecule has 0 aliphatic carbocycles. The monoisotopic (exact) mass is 394 g/mol. The van der Waals surface area contributed by atoms with E-state index in [0.29, 0.717) is 0 Å². The first-order valence-corrected chi connectivity index (χ1v) is 10.5. The molecule has 1 fully saturated rings. The van der Waals surface area contributed by atoms with Crippen LogP contribution in [0.2, 0.25) is 0 Å². The molecule has 0 radical (unpaired) electrons. The molecule has 154 valence electrons. The molecule has 5 nitrogen and oxygen atoms in total. The molecular weight excluding hydrogens is 364 g/mol. The minimum Gasteiger partial charge on any atom is -0.497 e. The summed E-state index contributed by atoms with van der Waals surface area (Å²) in [7, 11) is 3.35. The summed E-state index contributed by atoms with van der Waals surface area (Å²) in [5.74, 6) is 1.81. The van der Waals surface area contributed by atoms with Gasteiger partial charge in [0, 0.05) is 25.2 Å². The maximum Gasteiger partial charge on any atom is 0.240 e. The fraction of sp³-hybridized carbons (Fsp3) is 0.458. The maximum atomic E-state index is 13.5. The average molecular weight is 395 g/mol. The minimum absolute atomic E-state index is 0.0343. The molecule has 5 heteroatoms. The second kappa shape index (κ2) is 8.46. The second-order valence-electron chi connectivity index (χ2n) is 7.96. The number of likely N-dealkylation sites (tertiary alicyclic amines) is 1. The molecule has 2 aliphatic rings. The summed E-state index contributed by atoms with van der Waals surface area (Å²) < 4.78 is 11.0. The van der Waals surface area contributed by atoms with Crippen molar-refractivity contribution in [3.63, 3.8) is 0 Å². The predicted octanol–water partition coefficient (Wildman–Crippen LogP) is 3.81. The average Bonchev–Trinajstić information content (AvgIpc) is 3.27. The van der Waals surface area contributed by atoms with Gasteiger partial charge in [0.05, 0.1) is 26.3 Å². The summed E-state index contributed by atoms with van der Waals surface area (Å²) in [5, 5.41) is 0. The Balaban J connectivity index is 1.54. The summed E-state index contributed by atoms with van der Waals surface area (Å²) in [4.78, 5) is 17.9. The number of hydrogen-bond acceptors (Lipinski definition) is 4. The smallest absolute Gasteiger partial charge is 0.240 e. The van der Waals surface area contributed by atoms with Crippen LogP contribution in [-0.4, -0.2) is 49.1 Å². The van der Waals surface area contributed by atoms with Crippen molar-refractivity contribution in [1.29, 1.82) is 0 Å². The van der Waals surface area contributed by atoms with Gasteiger partial charge < -0.3 is 14.4 Å². The van der Waals surface area contributed by atoms with Crippen molar-refractivity contribution in [3.05, 3.63) is 59.2 Å². The van der Waals surface area contributed by atoms with E-state index >= 15 is 0 Å². The molecule has 1 saturated heterocycles. The fourth-order valence-electron chi connectivity index (χ4n) is 4.70. The zero-order valence-corrected chi connectivity index (χ0v) is 17.6. The number of nitrogens with zero attached hydrogens (tertiary/aromatic N) is 2. The quantitative estimate of drug-likeness (QED) is 0.773. The lowest BCUT2D eigenvalue weighted by Crippen LogP contribution is -2.48. The molecule has 2 atom stereocenters. The van der Waals surface area contributed by atoms with Crippen LogP contribution in [-0.2, 0) is 17.8 Å². The highest BCUT2D eigenvalue weighted by atomic mass is 16.5. The van der Waals surface area contributed by atoms with Crippen molar-refractivity contribution in [2.24, 2.45) is 0 Å². The number of rotatable bonds is 5. The molecule has 2 aliphatic heterocycles. The van der Waals surface area contributed by atoms with E-state index in [1.54, 1.807) is 14.2 Å². The summed E-state index contributed by atoms with van der Waals surface area (Å²) in [6.07, 6.45) is 2.96.